The average molecular weight is 399 g/mol. The van der Waals surface area contributed by atoms with Crippen LogP contribution in [0.15, 0.2) is 18.2 Å². The second-order valence-electron chi connectivity index (χ2n) is 7.74. The van der Waals surface area contributed by atoms with Crippen LogP contribution in [0.1, 0.15) is 52.5 Å². The van der Waals surface area contributed by atoms with Gasteiger partial charge in [0.1, 0.15) is 17.5 Å². The number of likely N-dealkylation sites (tertiary alicyclic amines) is 1. The third-order valence-electron chi connectivity index (χ3n) is 4.52. The minimum Gasteiger partial charge on any atom is -0.444 e. The van der Waals surface area contributed by atoms with Gasteiger partial charge in [0.15, 0.2) is 0 Å². The molecule has 1 fully saturated rings. The fourth-order valence-corrected chi connectivity index (χ4v) is 3.38. The van der Waals surface area contributed by atoms with Gasteiger partial charge < -0.3 is 9.64 Å². The molecule has 2 rings (SSSR count). The summed E-state index contributed by atoms with van der Waals surface area (Å²) in [7, 11) is 0. The molecule has 0 bridgehead atoms. The minimum absolute atomic E-state index is 0.0689. The van der Waals surface area contributed by atoms with Gasteiger partial charge in [0.05, 0.1) is 6.54 Å². The number of carbonyl (C=O) groups excluding carboxylic acids is 2. The van der Waals surface area contributed by atoms with Gasteiger partial charge in [-0.1, -0.05) is 17.7 Å². The fourth-order valence-electron chi connectivity index (χ4n) is 3.16. The lowest BCUT2D eigenvalue weighted by Gasteiger charge is -2.38. The molecule has 1 aliphatic heterocycles. The number of hydrogen-bond acceptors (Lipinski definition) is 3. The van der Waals surface area contributed by atoms with Crippen LogP contribution in [0.5, 0.6) is 0 Å². The molecule has 0 unspecified atom stereocenters. The lowest BCUT2D eigenvalue weighted by Crippen LogP contribution is -2.54. The van der Waals surface area contributed by atoms with E-state index < -0.39 is 23.6 Å². The van der Waals surface area contributed by atoms with Crippen molar-refractivity contribution < 1.29 is 18.7 Å². The molecule has 7 heteroatoms. The largest absolute Gasteiger partial charge is 0.444 e. The molecule has 0 aromatic heterocycles. The number of likely N-dealkylation sites (N-methyl/N-ethyl adjacent to an activating group) is 1. The van der Waals surface area contributed by atoms with Crippen molar-refractivity contribution in [1.29, 1.82) is 0 Å². The average Bonchev–Trinajstić information content (AvgIpc) is 2.59. The first-order valence-corrected chi connectivity index (χ1v) is 9.73. The number of hydrogen-bond donors (Lipinski definition) is 0. The van der Waals surface area contributed by atoms with Gasteiger partial charge in [-0.25, -0.2) is 9.18 Å². The SMILES string of the molecule is CCN(Cc1c(F)cccc1Cl)C(=O)[C@H]1CCCCN1C(=O)OC(C)(C)C. The number of nitrogens with zero attached hydrogens (tertiary/aromatic N) is 2. The van der Waals surface area contributed by atoms with Gasteiger partial charge in [0, 0.05) is 23.7 Å². The first-order chi connectivity index (χ1) is 12.6. The first-order valence-electron chi connectivity index (χ1n) is 9.35. The topological polar surface area (TPSA) is 49.9 Å². The second-order valence-corrected chi connectivity index (χ2v) is 8.15. The number of ether oxygens (including phenoxy) is 1. The van der Waals surface area contributed by atoms with Crippen LogP contribution in [-0.2, 0) is 16.1 Å². The summed E-state index contributed by atoms with van der Waals surface area (Å²) < 4.78 is 19.6. The van der Waals surface area contributed by atoms with E-state index in [0.29, 0.717) is 19.5 Å². The fraction of sp³-hybridized carbons (Fsp3) is 0.600. The van der Waals surface area contributed by atoms with Crippen molar-refractivity contribution in [1.82, 2.24) is 9.80 Å². The quantitative estimate of drug-likeness (QED) is 0.743. The maximum atomic E-state index is 14.1. The summed E-state index contributed by atoms with van der Waals surface area (Å²) in [6.45, 7) is 8.15. The Balaban J connectivity index is 2.19. The molecule has 1 saturated heterocycles. The molecule has 150 valence electrons. The Labute approximate surface area is 165 Å². The normalized spacial score (nSPS) is 17.6. The van der Waals surface area contributed by atoms with Crippen LogP contribution < -0.4 is 0 Å². The Morgan fingerprint density at radius 2 is 2.04 bits per heavy atom. The molecule has 0 saturated carbocycles. The van der Waals surface area contributed by atoms with Crippen LogP contribution in [0.25, 0.3) is 0 Å². The summed E-state index contributed by atoms with van der Waals surface area (Å²) in [4.78, 5) is 28.7. The van der Waals surface area contributed by atoms with E-state index in [1.807, 2.05) is 6.92 Å². The van der Waals surface area contributed by atoms with Crippen molar-refractivity contribution in [3.8, 4) is 0 Å². The maximum Gasteiger partial charge on any atom is 0.410 e. The van der Waals surface area contributed by atoms with Crippen molar-refractivity contribution in [3.05, 3.63) is 34.6 Å². The molecule has 1 aromatic rings. The molecule has 2 amide bonds. The van der Waals surface area contributed by atoms with Crippen LogP contribution >= 0.6 is 11.6 Å². The van der Waals surface area contributed by atoms with E-state index in [0.717, 1.165) is 12.8 Å². The van der Waals surface area contributed by atoms with Crippen LogP contribution in [0, 0.1) is 5.82 Å². The summed E-state index contributed by atoms with van der Waals surface area (Å²) >= 11 is 6.11. The monoisotopic (exact) mass is 398 g/mol. The summed E-state index contributed by atoms with van der Waals surface area (Å²) in [6, 6.07) is 3.86. The summed E-state index contributed by atoms with van der Waals surface area (Å²) in [5.74, 6) is -0.649. The van der Waals surface area contributed by atoms with Gasteiger partial charge in [0.2, 0.25) is 5.91 Å². The minimum atomic E-state index is -0.632. The van der Waals surface area contributed by atoms with Crippen LogP contribution in [-0.4, -0.2) is 46.5 Å². The standard InChI is InChI=1S/C20H28ClFN2O3/c1-5-23(13-14-15(21)9-8-10-16(14)22)18(25)17-11-6-7-12-24(17)19(26)27-20(2,3)4/h8-10,17H,5-7,11-13H2,1-4H3/t17-/m1/s1. The van der Waals surface area contributed by atoms with Crippen molar-refractivity contribution in [3.63, 3.8) is 0 Å². The van der Waals surface area contributed by atoms with Crippen LogP contribution in [0.3, 0.4) is 0 Å². The van der Waals surface area contributed by atoms with E-state index in [-0.39, 0.29) is 23.0 Å². The molecule has 0 aliphatic carbocycles. The van der Waals surface area contributed by atoms with Crippen molar-refractivity contribution in [2.75, 3.05) is 13.1 Å². The van der Waals surface area contributed by atoms with Gasteiger partial charge >= 0.3 is 6.09 Å². The Hall–Kier alpha value is -1.82. The molecule has 1 aliphatic rings. The highest BCUT2D eigenvalue weighted by Crippen LogP contribution is 2.25. The Bertz CT molecular complexity index is 670. The zero-order chi connectivity index (χ0) is 20.2. The Morgan fingerprint density at radius 1 is 1.33 bits per heavy atom. The molecule has 27 heavy (non-hydrogen) atoms. The highest BCUT2D eigenvalue weighted by Gasteiger charge is 2.36. The van der Waals surface area contributed by atoms with E-state index >= 15 is 0 Å². The summed E-state index contributed by atoms with van der Waals surface area (Å²) in [6.07, 6.45) is 1.77. The number of benzene rings is 1. The highest BCUT2D eigenvalue weighted by molar-refractivity contribution is 6.31. The predicted molar refractivity (Wildman–Crippen MR) is 103 cm³/mol. The molecular formula is C20H28ClFN2O3. The molecular weight excluding hydrogens is 371 g/mol. The third kappa shape index (κ3) is 5.58. The molecule has 5 nitrogen and oxygen atoms in total. The molecule has 0 radical (unpaired) electrons. The molecule has 1 atom stereocenters. The molecule has 0 N–H and O–H groups in total. The van der Waals surface area contributed by atoms with E-state index in [2.05, 4.69) is 0 Å². The number of carbonyl (C=O) groups is 2. The van der Waals surface area contributed by atoms with Gasteiger partial charge in [-0.05, 0) is 59.1 Å². The highest BCUT2D eigenvalue weighted by atomic mass is 35.5. The number of halogens is 2. The summed E-state index contributed by atoms with van der Waals surface area (Å²) in [5, 5.41) is 0.286. The lowest BCUT2D eigenvalue weighted by molar-refractivity contribution is -0.138. The summed E-state index contributed by atoms with van der Waals surface area (Å²) in [5.41, 5.74) is -0.346. The van der Waals surface area contributed by atoms with Crippen molar-refractivity contribution >= 4 is 23.6 Å². The maximum absolute atomic E-state index is 14.1. The van der Waals surface area contributed by atoms with Crippen molar-refractivity contribution in [2.24, 2.45) is 0 Å². The van der Waals surface area contributed by atoms with Gasteiger partial charge in [-0.2, -0.15) is 0 Å². The first kappa shape index (κ1) is 21.5. The van der Waals surface area contributed by atoms with E-state index in [1.54, 1.807) is 26.8 Å². The van der Waals surface area contributed by atoms with Gasteiger partial charge in [-0.3, -0.25) is 9.69 Å². The molecule has 1 aromatic carbocycles. The second kappa shape index (κ2) is 8.91. The van der Waals surface area contributed by atoms with Gasteiger partial charge in [-0.15, -0.1) is 0 Å². The Kier molecular flexibility index (Phi) is 7.09. The number of amides is 2. The van der Waals surface area contributed by atoms with Crippen LogP contribution in [0.2, 0.25) is 5.02 Å². The van der Waals surface area contributed by atoms with E-state index in [4.69, 9.17) is 16.3 Å². The smallest absolute Gasteiger partial charge is 0.410 e. The van der Waals surface area contributed by atoms with E-state index in [9.17, 15) is 14.0 Å². The van der Waals surface area contributed by atoms with Crippen molar-refractivity contribution in [2.45, 2.75) is 65.1 Å². The van der Waals surface area contributed by atoms with E-state index in [1.165, 1.54) is 21.9 Å². The van der Waals surface area contributed by atoms with Gasteiger partial charge in [0.25, 0.3) is 0 Å². The molecule has 0 spiro atoms. The molecule has 1 heterocycles. The lowest BCUT2D eigenvalue weighted by atomic mass is 10.0. The predicted octanol–water partition coefficient (Wildman–Crippen LogP) is 4.62. The zero-order valence-electron chi connectivity index (χ0n) is 16.4. The number of rotatable bonds is 4. The Morgan fingerprint density at radius 3 is 2.63 bits per heavy atom. The number of piperidine rings is 1. The zero-order valence-corrected chi connectivity index (χ0v) is 17.2. The van der Waals surface area contributed by atoms with Crippen LogP contribution in [0.4, 0.5) is 9.18 Å². The third-order valence-corrected chi connectivity index (χ3v) is 4.87.